The van der Waals surface area contributed by atoms with E-state index in [0.717, 1.165) is 39.7 Å². The standard InChI is InChI=1S/C18H18Br2N2O.C2H2O4/c1-12-8-15(19)18(16(20)9-12)21-17(23)11-22-7-6-13-4-2-3-5-14(13)10-22;3-1(4)2(5)6/h2-5,8-9H,6-7,10-11H2,1H3,(H,21,23);(H,3,4)(H,5,6). The molecule has 0 saturated carbocycles. The number of carboxylic acids is 2. The molecule has 7 nitrogen and oxygen atoms in total. The zero-order valence-corrected chi connectivity index (χ0v) is 18.8. The zero-order chi connectivity index (χ0) is 21.6. The summed E-state index contributed by atoms with van der Waals surface area (Å²) in [4.78, 5) is 32.8. The van der Waals surface area contributed by atoms with Gasteiger partial charge in [0, 0.05) is 22.0 Å². The number of benzene rings is 2. The Morgan fingerprint density at radius 2 is 1.59 bits per heavy atom. The van der Waals surface area contributed by atoms with Gasteiger partial charge in [0.1, 0.15) is 0 Å². The molecule has 0 spiro atoms. The van der Waals surface area contributed by atoms with E-state index in [4.69, 9.17) is 19.8 Å². The van der Waals surface area contributed by atoms with Crippen molar-refractivity contribution >= 4 is 55.4 Å². The molecule has 0 saturated heterocycles. The van der Waals surface area contributed by atoms with Crippen LogP contribution in [-0.4, -0.2) is 46.0 Å². The summed E-state index contributed by atoms with van der Waals surface area (Å²) < 4.78 is 1.78. The van der Waals surface area contributed by atoms with Gasteiger partial charge < -0.3 is 15.5 Å². The van der Waals surface area contributed by atoms with Crippen molar-refractivity contribution in [2.45, 2.75) is 19.9 Å². The molecule has 0 bridgehead atoms. The van der Waals surface area contributed by atoms with Gasteiger partial charge in [0.15, 0.2) is 0 Å². The van der Waals surface area contributed by atoms with Gasteiger partial charge in [-0.1, -0.05) is 24.3 Å². The lowest BCUT2D eigenvalue weighted by molar-refractivity contribution is -0.159. The number of carbonyl (C=O) groups excluding carboxylic acids is 1. The molecule has 0 radical (unpaired) electrons. The predicted molar refractivity (Wildman–Crippen MR) is 116 cm³/mol. The number of carbonyl (C=O) groups is 3. The van der Waals surface area contributed by atoms with E-state index in [1.165, 1.54) is 11.1 Å². The molecule has 2 aromatic carbocycles. The Hall–Kier alpha value is -2.23. The van der Waals surface area contributed by atoms with Crippen LogP contribution < -0.4 is 5.32 Å². The Morgan fingerprint density at radius 3 is 2.14 bits per heavy atom. The maximum absolute atomic E-state index is 12.4. The molecule has 9 heteroatoms. The molecule has 0 unspecified atom stereocenters. The molecule has 29 heavy (non-hydrogen) atoms. The van der Waals surface area contributed by atoms with Crippen LogP contribution in [0.25, 0.3) is 0 Å². The number of anilines is 1. The third kappa shape index (κ3) is 6.95. The highest BCUT2D eigenvalue weighted by Gasteiger charge is 2.19. The molecule has 2 aromatic rings. The number of aliphatic carboxylic acids is 2. The predicted octanol–water partition coefficient (Wildman–Crippen LogP) is 3.67. The van der Waals surface area contributed by atoms with Crippen molar-refractivity contribution < 1.29 is 24.6 Å². The maximum atomic E-state index is 12.4. The van der Waals surface area contributed by atoms with E-state index in [2.05, 4.69) is 66.3 Å². The van der Waals surface area contributed by atoms with Crippen LogP contribution in [0.4, 0.5) is 5.69 Å². The first-order chi connectivity index (χ1) is 13.7. The summed E-state index contributed by atoms with van der Waals surface area (Å²) in [5, 5.41) is 17.8. The van der Waals surface area contributed by atoms with Crippen LogP contribution in [-0.2, 0) is 27.3 Å². The van der Waals surface area contributed by atoms with E-state index in [1.54, 1.807) is 0 Å². The Morgan fingerprint density at radius 1 is 1.03 bits per heavy atom. The first-order valence-electron chi connectivity index (χ1n) is 8.68. The van der Waals surface area contributed by atoms with E-state index in [1.807, 2.05) is 19.1 Å². The number of nitrogens with zero attached hydrogens (tertiary/aromatic N) is 1. The molecule has 3 rings (SSSR count). The van der Waals surface area contributed by atoms with Gasteiger partial charge in [0.2, 0.25) is 5.91 Å². The van der Waals surface area contributed by atoms with Gasteiger partial charge in [-0.3, -0.25) is 9.69 Å². The van der Waals surface area contributed by atoms with Crippen LogP contribution in [0.5, 0.6) is 0 Å². The summed E-state index contributed by atoms with van der Waals surface area (Å²) in [6, 6.07) is 12.4. The third-order valence-corrected chi connectivity index (χ3v) is 5.46. The summed E-state index contributed by atoms with van der Waals surface area (Å²) in [7, 11) is 0. The largest absolute Gasteiger partial charge is 0.473 e. The lowest BCUT2D eigenvalue weighted by Crippen LogP contribution is -2.37. The van der Waals surface area contributed by atoms with Crippen LogP contribution in [0.2, 0.25) is 0 Å². The number of halogens is 2. The fraction of sp³-hybridized carbons (Fsp3) is 0.250. The number of aryl methyl sites for hydroxylation is 1. The van der Waals surface area contributed by atoms with Crippen LogP contribution in [0, 0.1) is 6.92 Å². The Bertz CT molecular complexity index is 898. The molecule has 154 valence electrons. The van der Waals surface area contributed by atoms with Gasteiger partial charge in [0.05, 0.1) is 12.2 Å². The second-order valence-corrected chi connectivity index (χ2v) is 8.20. The number of hydrogen-bond donors (Lipinski definition) is 3. The molecule has 3 N–H and O–H groups in total. The zero-order valence-electron chi connectivity index (χ0n) is 15.6. The second-order valence-electron chi connectivity index (χ2n) is 6.49. The molecular formula is C20H20Br2N2O5. The quantitative estimate of drug-likeness (QED) is 0.526. The summed E-state index contributed by atoms with van der Waals surface area (Å²) in [6.45, 7) is 4.17. The molecule has 1 aliphatic rings. The Balaban J connectivity index is 0.000000438. The number of nitrogens with one attached hydrogen (secondary N) is 1. The monoisotopic (exact) mass is 526 g/mol. The average molecular weight is 528 g/mol. The number of amides is 1. The summed E-state index contributed by atoms with van der Waals surface area (Å²) in [5.74, 6) is -3.64. The third-order valence-electron chi connectivity index (χ3n) is 4.21. The number of carboxylic acid groups (broad SMARTS) is 2. The highest BCUT2D eigenvalue weighted by Crippen LogP contribution is 2.32. The summed E-state index contributed by atoms with van der Waals surface area (Å²) >= 11 is 7.03. The van der Waals surface area contributed by atoms with Crippen molar-refractivity contribution in [2.75, 3.05) is 18.4 Å². The summed E-state index contributed by atoms with van der Waals surface area (Å²) in [5.41, 5.74) is 4.64. The minimum Gasteiger partial charge on any atom is -0.473 e. The highest BCUT2D eigenvalue weighted by atomic mass is 79.9. The molecule has 1 aliphatic heterocycles. The fourth-order valence-electron chi connectivity index (χ4n) is 2.89. The highest BCUT2D eigenvalue weighted by molar-refractivity contribution is 9.11. The van der Waals surface area contributed by atoms with Crippen molar-refractivity contribution in [3.63, 3.8) is 0 Å². The normalized spacial score (nSPS) is 12.9. The SMILES string of the molecule is Cc1cc(Br)c(NC(=O)CN2CCc3ccccc3C2)c(Br)c1.O=C(O)C(=O)O. The van der Waals surface area contributed by atoms with Crippen LogP contribution in [0.3, 0.4) is 0 Å². The van der Waals surface area contributed by atoms with Crippen LogP contribution >= 0.6 is 31.9 Å². The lowest BCUT2D eigenvalue weighted by atomic mass is 10.00. The molecule has 1 heterocycles. The van der Waals surface area contributed by atoms with E-state index >= 15 is 0 Å². The van der Waals surface area contributed by atoms with E-state index in [0.29, 0.717) is 6.54 Å². The van der Waals surface area contributed by atoms with E-state index in [9.17, 15) is 4.79 Å². The van der Waals surface area contributed by atoms with Gasteiger partial charge in [-0.2, -0.15) is 0 Å². The molecular weight excluding hydrogens is 508 g/mol. The Labute approximate surface area is 185 Å². The number of fused-ring (bicyclic) bond motifs is 1. The van der Waals surface area contributed by atoms with Gasteiger partial charge >= 0.3 is 11.9 Å². The lowest BCUT2D eigenvalue weighted by Gasteiger charge is -2.28. The molecule has 0 fully saturated rings. The van der Waals surface area contributed by atoms with Crippen molar-refractivity contribution in [3.8, 4) is 0 Å². The first-order valence-corrected chi connectivity index (χ1v) is 10.3. The maximum Gasteiger partial charge on any atom is 0.414 e. The fourth-order valence-corrected chi connectivity index (χ4v) is 4.50. The molecule has 1 amide bonds. The van der Waals surface area contributed by atoms with Crippen molar-refractivity contribution in [1.82, 2.24) is 4.90 Å². The number of rotatable bonds is 3. The van der Waals surface area contributed by atoms with E-state index < -0.39 is 11.9 Å². The topological polar surface area (TPSA) is 107 Å². The number of hydrogen-bond acceptors (Lipinski definition) is 4. The van der Waals surface area contributed by atoms with Crippen LogP contribution in [0.1, 0.15) is 16.7 Å². The minimum absolute atomic E-state index is 0.00892. The van der Waals surface area contributed by atoms with Crippen molar-refractivity contribution in [1.29, 1.82) is 0 Å². The van der Waals surface area contributed by atoms with Gasteiger partial charge in [0.25, 0.3) is 0 Å². The molecule has 0 atom stereocenters. The smallest absolute Gasteiger partial charge is 0.414 e. The molecule has 0 aromatic heterocycles. The molecule has 0 aliphatic carbocycles. The second kappa shape index (κ2) is 10.5. The van der Waals surface area contributed by atoms with E-state index in [-0.39, 0.29) is 5.91 Å². The van der Waals surface area contributed by atoms with Gasteiger partial charge in [-0.15, -0.1) is 0 Å². The average Bonchev–Trinajstić information content (AvgIpc) is 2.65. The van der Waals surface area contributed by atoms with Crippen molar-refractivity contribution in [3.05, 3.63) is 62.0 Å². The first kappa shape index (κ1) is 23.1. The van der Waals surface area contributed by atoms with Gasteiger partial charge in [-0.05, 0) is 74.0 Å². The minimum atomic E-state index is -1.82. The van der Waals surface area contributed by atoms with Crippen LogP contribution in [0.15, 0.2) is 45.3 Å². The summed E-state index contributed by atoms with van der Waals surface area (Å²) in [6.07, 6.45) is 1.00. The Kier molecular flexibility index (Phi) is 8.36. The van der Waals surface area contributed by atoms with Gasteiger partial charge in [-0.25, -0.2) is 9.59 Å². The van der Waals surface area contributed by atoms with Crippen molar-refractivity contribution in [2.24, 2.45) is 0 Å².